The summed E-state index contributed by atoms with van der Waals surface area (Å²) in [6.07, 6.45) is 2.47. The number of nitrogens with zero attached hydrogens (tertiary/aromatic N) is 2. The molecule has 2 N–H and O–H groups in total. The molecule has 17 heavy (non-hydrogen) atoms. The molecule has 0 aromatic carbocycles. The van der Waals surface area contributed by atoms with Crippen molar-refractivity contribution in [2.24, 2.45) is 0 Å². The van der Waals surface area contributed by atoms with E-state index in [2.05, 4.69) is 10.3 Å². The van der Waals surface area contributed by atoms with Crippen LogP contribution in [-0.2, 0) is 9.59 Å². The van der Waals surface area contributed by atoms with E-state index in [1.807, 2.05) is 0 Å². The lowest BCUT2D eigenvalue weighted by Crippen LogP contribution is -2.53. The number of carbonyl (C=O) groups is 3. The highest BCUT2D eigenvalue weighted by atomic mass is 16.3. The van der Waals surface area contributed by atoms with Crippen LogP contribution >= 0.6 is 0 Å². The minimum absolute atomic E-state index is 0.0162. The number of imide groups is 1. The molecule has 0 unspecified atom stereocenters. The van der Waals surface area contributed by atoms with Crippen molar-refractivity contribution in [1.82, 2.24) is 15.2 Å². The van der Waals surface area contributed by atoms with E-state index in [-0.39, 0.29) is 24.4 Å². The van der Waals surface area contributed by atoms with Gasteiger partial charge < -0.3 is 10.0 Å². The Hall–Kier alpha value is -2.44. The van der Waals surface area contributed by atoms with E-state index < -0.39 is 17.7 Å². The van der Waals surface area contributed by atoms with E-state index in [4.69, 9.17) is 0 Å². The van der Waals surface area contributed by atoms with E-state index >= 15 is 0 Å². The number of rotatable bonds is 1. The molecule has 2 rings (SSSR count). The second-order valence-corrected chi connectivity index (χ2v) is 3.53. The van der Waals surface area contributed by atoms with Crippen LogP contribution in [0.5, 0.6) is 5.75 Å². The van der Waals surface area contributed by atoms with Crippen molar-refractivity contribution in [3.8, 4) is 5.75 Å². The molecule has 0 aliphatic carbocycles. The van der Waals surface area contributed by atoms with Crippen molar-refractivity contribution in [2.45, 2.75) is 0 Å². The van der Waals surface area contributed by atoms with Crippen molar-refractivity contribution in [3.63, 3.8) is 0 Å². The molecule has 1 aliphatic heterocycles. The fourth-order valence-electron chi connectivity index (χ4n) is 1.52. The molecule has 0 radical (unpaired) electrons. The van der Waals surface area contributed by atoms with Gasteiger partial charge in [0.15, 0.2) is 0 Å². The normalized spacial score (nSPS) is 15.6. The molecule has 0 bridgehead atoms. The Bertz CT molecular complexity index is 484. The average molecular weight is 235 g/mol. The van der Waals surface area contributed by atoms with Crippen LogP contribution in [0.25, 0.3) is 0 Å². The standard InChI is InChI=1S/C10H9N3O4/c14-7-3-11-2-1-6(7)10(17)13-4-8(15)12-9(16)5-13/h1-3,14H,4-5H2,(H,12,15,16). The Morgan fingerprint density at radius 2 is 2.00 bits per heavy atom. The van der Waals surface area contributed by atoms with Crippen molar-refractivity contribution in [2.75, 3.05) is 13.1 Å². The lowest BCUT2D eigenvalue weighted by Gasteiger charge is -2.25. The molecule has 1 fully saturated rings. The number of amides is 3. The quantitative estimate of drug-likeness (QED) is 0.601. The summed E-state index contributed by atoms with van der Waals surface area (Å²) in [7, 11) is 0. The molecule has 0 saturated carbocycles. The Kier molecular flexibility index (Phi) is 2.73. The van der Waals surface area contributed by atoms with Crippen LogP contribution in [0.4, 0.5) is 0 Å². The van der Waals surface area contributed by atoms with Crippen molar-refractivity contribution >= 4 is 17.7 Å². The molecule has 1 aliphatic rings. The molecule has 7 nitrogen and oxygen atoms in total. The first kappa shape index (κ1) is 11.1. The number of aromatic hydroxyl groups is 1. The van der Waals surface area contributed by atoms with Crippen LogP contribution in [0.1, 0.15) is 10.4 Å². The first-order chi connectivity index (χ1) is 8.08. The zero-order valence-corrected chi connectivity index (χ0v) is 8.71. The number of hydrogen-bond acceptors (Lipinski definition) is 5. The predicted molar refractivity (Wildman–Crippen MR) is 55.0 cm³/mol. The monoisotopic (exact) mass is 235 g/mol. The van der Waals surface area contributed by atoms with Gasteiger partial charge in [-0.1, -0.05) is 0 Å². The number of piperazine rings is 1. The number of aromatic nitrogens is 1. The van der Waals surface area contributed by atoms with Gasteiger partial charge in [0, 0.05) is 6.20 Å². The highest BCUT2D eigenvalue weighted by molar-refractivity contribution is 6.06. The van der Waals surface area contributed by atoms with Gasteiger partial charge in [0.2, 0.25) is 11.8 Å². The molecular formula is C10H9N3O4. The minimum atomic E-state index is -0.576. The lowest BCUT2D eigenvalue weighted by atomic mass is 10.2. The van der Waals surface area contributed by atoms with Gasteiger partial charge in [-0.2, -0.15) is 0 Å². The molecule has 0 atom stereocenters. The highest BCUT2D eigenvalue weighted by Gasteiger charge is 2.28. The molecular weight excluding hydrogens is 226 g/mol. The molecule has 1 aromatic heterocycles. The summed E-state index contributed by atoms with van der Waals surface area (Å²) in [6.45, 7) is -0.404. The van der Waals surface area contributed by atoms with Crippen LogP contribution in [0, 0.1) is 0 Å². The van der Waals surface area contributed by atoms with E-state index in [1.165, 1.54) is 12.3 Å². The Morgan fingerprint density at radius 3 is 2.59 bits per heavy atom. The number of carbonyl (C=O) groups excluding carboxylic acids is 3. The van der Waals surface area contributed by atoms with Crippen LogP contribution < -0.4 is 5.32 Å². The maximum atomic E-state index is 11.9. The van der Waals surface area contributed by atoms with Gasteiger partial charge in [-0.15, -0.1) is 0 Å². The summed E-state index contributed by atoms with van der Waals surface area (Å²) in [6, 6.07) is 1.33. The summed E-state index contributed by atoms with van der Waals surface area (Å²) in [4.78, 5) is 38.8. The third-order valence-electron chi connectivity index (χ3n) is 2.27. The zero-order valence-electron chi connectivity index (χ0n) is 8.71. The summed E-state index contributed by atoms with van der Waals surface area (Å²) in [5, 5.41) is 11.5. The number of hydrogen-bond donors (Lipinski definition) is 2. The first-order valence-corrected chi connectivity index (χ1v) is 4.83. The van der Waals surface area contributed by atoms with Crippen LogP contribution in [-0.4, -0.2) is 45.8 Å². The number of pyridine rings is 1. The van der Waals surface area contributed by atoms with Gasteiger partial charge in [-0.05, 0) is 6.07 Å². The first-order valence-electron chi connectivity index (χ1n) is 4.83. The summed E-state index contributed by atoms with van der Waals surface area (Å²) >= 11 is 0. The third kappa shape index (κ3) is 2.22. The van der Waals surface area contributed by atoms with Crippen molar-refractivity contribution < 1.29 is 19.5 Å². The van der Waals surface area contributed by atoms with Crippen molar-refractivity contribution in [1.29, 1.82) is 0 Å². The lowest BCUT2D eigenvalue weighted by molar-refractivity contribution is -0.135. The van der Waals surface area contributed by atoms with Gasteiger partial charge in [-0.3, -0.25) is 24.7 Å². The van der Waals surface area contributed by atoms with Gasteiger partial charge in [-0.25, -0.2) is 0 Å². The molecule has 0 spiro atoms. The molecule has 3 amide bonds. The Morgan fingerprint density at radius 1 is 1.35 bits per heavy atom. The Balaban J connectivity index is 2.23. The summed E-state index contributed by atoms with van der Waals surface area (Å²) in [5.74, 6) is -1.93. The van der Waals surface area contributed by atoms with Gasteiger partial charge in [0.1, 0.15) is 18.8 Å². The maximum absolute atomic E-state index is 11.9. The molecule has 88 valence electrons. The fraction of sp³-hybridized carbons (Fsp3) is 0.200. The topological polar surface area (TPSA) is 99.6 Å². The molecule has 7 heteroatoms. The smallest absolute Gasteiger partial charge is 0.258 e. The summed E-state index contributed by atoms with van der Waals surface area (Å²) < 4.78 is 0. The zero-order chi connectivity index (χ0) is 12.4. The second kappa shape index (κ2) is 4.20. The fourth-order valence-corrected chi connectivity index (χ4v) is 1.52. The van der Waals surface area contributed by atoms with E-state index in [1.54, 1.807) is 0 Å². The van der Waals surface area contributed by atoms with Crippen LogP contribution in [0.2, 0.25) is 0 Å². The van der Waals surface area contributed by atoms with Crippen LogP contribution in [0.3, 0.4) is 0 Å². The highest BCUT2D eigenvalue weighted by Crippen LogP contribution is 2.16. The van der Waals surface area contributed by atoms with Gasteiger partial charge in [0.25, 0.3) is 5.91 Å². The number of nitrogens with one attached hydrogen (secondary N) is 1. The average Bonchev–Trinajstić information content (AvgIpc) is 2.27. The minimum Gasteiger partial charge on any atom is -0.505 e. The van der Waals surface area contributed by atoms with Crippen molar-refractivity contribution in [3.05, 3.63) is 24.0 Å². The van der Waals surface area contributed by atoms with E-state index in [0.29, 0.717) is 0 Å². The summed E-state index contributed by atoms with van der Waals surface area (Å²) in [5.41, 5.74) is 0.0162. The second-order valence-electron chi connectivity index (χ2n) is 3.53. The van der Waals surface area contributed by atoms with Crippen LogP contribution in [0.15, 0.2) is 18.5 Å². The predicted octanol–water partition coefficient (Wildman–Crippen LogP) is -1.11. The maximum Gasteiger partial charge on any atom is 0.258 e. The third-order valence-corrected chi connectivity index (χ3v) is 2.27. The largest absolute Gasteiger partial charge is 0.505 e. The van der Waals surface area contributed by atoms with Gasteiger partial charge >= 0.3 is 0 Å². The SMILES string of the molecule is O=C1CN(C(=O)c2ccncc2O)CC(=O)N1. The molecule has 1 aromatic rings. The molecule has 2 heterocycles. The van der Waals surface area contributed by atoms with Gasteiger partial charge in [0.05, 0.1) is 11.8 Å². The Labute approximate surface area is 96.1 Å². The van der Waals surface area contributed by atoms with E-state index in [0.717, 1.165) is 11.1 Å². The van der Waals surface area contributed by atoms with E-state index in [9.17, 15) is 19.5 Å². The molecule has 1 saturated heterocycles.